The fourth-order valence-electron chi connectivity index (χ4n) is 1.93. The molecule has 1 aromatic heterocycles. The number of rotatable bonds is 3. The van der Waals surface area contributed by atoms with Crippen molar-refractivity contribution in [2.45, 2.75) is 24.5 Å². The molecule has 106 valence electrons. The SMILES string of the molecule is CN=C(NC)c1ncn(C2OC(CO)C(O)C2O)n1. The Labute approximate surface area is 109 Å². The zero-order chi connectivity index (χ0) is 14.0. The predicted octanol–water partition coefficient (Wildman–Crippen LogP) is -2.51. The number of hydrogen-bond donors (Lipinski definition) is 4. The number of aliphatic hydroxyl groups excluding tert-OH is 3. The van der Waals surface area contributed by atoms with Crippen LogP contribution in [0.15, 0.2) is 11.3 Å². The molecular weight excluding hydrogens is 254 g/mol. The molecule has 2 rings (SSSR count). The van der Waals surface area contributed by atoms with Gasteiger partial charge in [0, 0.05) is 14.1 Å². The highest BCUT2D eigenvalue weighted by molar-refractivity contribution is 5.94. The monoisotopic (exact) mass is 271 g/mol. The zero-order valence-corrected chi connectivity index (χ0v) is 10.6. The first kappa shape index (κ1) is 13.9. The molecule has 0 amide bonds. The van der Waals surface area contributed by atoms with Crippen molar-refractivity contribution < 1.29 is 20.1 Å². The van der Waals surface area contributed by atoms with Crippen molar-refractivity contribution in [1.29, 1.82) is 0 Å². The van der Waals surface area contributed by atoms with Crippen LogP contribution in [0.5, 0.6) is 0 Å². The molecule has 1 fully saturated rings. The van der Waals surface area contributed by atoms with E-state index in [0.29, 0.717) is 11.7 Å². The molecule has 9 nitrogen and oxygen atoms in total. The van der Waals surface area contributed by atoms with Crippen LogP contribution in [-0.2, 0) is 4.74 Å². The van der Waals surface area contributed by atoms with Gasteiger partial charge in [0.1, 0.15) is 24.6 Å². The van der Waals surface area contributed by atoms with Crippen molar-refractivity contribution >= 4 is 5.84 Å². The van der Waals surface area contributed by atoms with Gasteiger partial charge in [-0.3, -0.25) is 4.99 Å². The lowest BCUT2D eigenvalue weighted by Crippen LogP contribution is -2.33. The average molecular weight is 271 g/mol. The summed E-state index contributed by atoms with van der Waals surface area (Å²) in [5.74, 6) is 0.841. The van der Waals surface area contributed by atoms with E-state index in [2.05, 4.69) is 20.4 Å². The summed E-state index contributed by atoms with van der Waals surface area (Å²) in [6.45, 7) is -0.380. The van der Waals surface area contributed by atoms with Crippen molar-refractivity contribution in [3.05, 3.63) is 12.2 Å². The Morgan fingerprint density at radius 3 is 2.79 bits per heavy atom. The third-order valence-electron chi connectivity index (χ3n) is 2.96. The minimum Gasteiger partial charge on any atom is -0.394 e. The van der Waals surface area contributed by atoms with Gasteiger partial charge in [-0.25, -0.2) is 9.67 Å². The van der Waals surface area contributed by atoms with E-state index in [4.69, 9.17) is 9.84 Å². The summed E-state index contributed by atoms with van der Waals surface area (Å²) in [5, 5.41) is 35.5. The topological polar surface area (TPSA) is 125 Å². The number of aliphatic imine (C=N–C) groups is 1. The quantitative estimate of drug-likeness (QED) is 0.353. The van der Waals surface area contributed by atoms with Gasteiger partial charge in [0.05, 0.1) is 6.61 Å². The van der Waals surface area contributed by atoms with Gasteiger partial charge in [-0.2, -0.15) is 0 Å². The molecule has 1 aromatic rings. The van der Waals surface area contributed by atoms with Crippen LogP contribution >= 0.6 is 0 Å². The Balaban J connectivity index is 2.20. The van der Waals surface area contributed by atoms with Gasteiger partial charge in [-0.1, -0.05) is 0 Å². The van der Waals surface area contributed by atoms with Crippen molar-refractivity contribution in [1.82, 2.24) is 20.1 Å². The lowest BCUT2D eigenvalue weighted by molar-refractivity contribution is -0.0588. The number of hydrogen-bond acceptors (Lipinski definition) is 7. The zero-order valence-electron chi connectivity index (χ0n) is 10.6. The Bertz CT molecular complexity index is 463. The van der Waals surface area contributed by atoms with E-state index in [9.17, 15) is 10.2 Å². The van der Waals surface area contributed by atoms with Crippen molar-refractivity contribution in [3.63, 3.8) is 0 Å². The maximum atomic E-state index is 9.85. The number of ether oxygens (including phenoxy) is 1. The normalized spacial score (nSPS) is 31.7. The third kappa shape index (κ3) is 2.45. The molecule has 4 unspecified atom stereocenters. The lowest BCUT2D eigenvalue weighted by atomic mass is 10.1. The molecule has 19 heavy (non-hydrogen) atoms. The highest BCUT2D eigenvalue weighted by Crippen LogP contribution is 2.28. The van der Waals surface area contributed by atoms with Crippen LogP contribution < -0.4 is 5.32 Å². The van der Waals surface area contributed by atoms with Gasteiger partial charge in [0.2, 0.25) is 5.82 Å². The second-order valence-corrected chi connectivity index (χ2v) is 4.10. The molecule has 0 aromatic carbocycles. The van der Waals surface area contributed by atoms with E-state index in [1.807, 2.05) is 0 Å². The van der Waals surface area contributed by atoms with Gasteiger partial charge in [0.15, 0.2) is 12.1 Å². The molecule has 0 aliphatic carbocycles. The fourth-order valence-corrected chi connectivity index (χ4v) is 1.93. The molecule has 1 aliphatic rings. The van der Waals surface area contributed by atoms with E-state index >= 15 is 0 Å². The second kappa shape index (κ2) is 5.61. The maximum absolute atomic E-state index is 9.85. The van der Waals surface area contributed by atoms with E-state index in [1.54, 1.807) is 14.1 Å². The Kier molecular flexibility index (Phi) is 4.10. The Morgan fingerprint density at radius 2 is 2.26 bits per heavy atom. The number of aromatic nitrogens is 3. The standard InChI is InChI=1S/C10H17N5O4/c1-11-8(12-2)9-13-4-15(14-9)10-7(18)6(17)5(3-16)19-10/h4-7,10,16-18H,3H2,1-2H3,(H,11,12). The van der Waals surface area contributed by atoms with Crippen LogP contribution in [0.3, 0.4) is 0 Å². The fraction of sp³-hybridized carbons (Fsp3) is 0.700. The molecule has 0 radical (unpaired) electrons. The number of nitrogens with one attached hydrogen (secondary N) is 1. The molecule has 9 heteroatoms. The summed E-state index contributed by atoms with van der Waals surface area (Å²) in [5.41, 5.74) is 0. The van der Waals surface area contributed by atoms with Crippen LogP contribution in [0.2, 0.25) is 0 Å². The smallest absolute Gasteiger partial charge is 0.216 e. The molecule has 0 spiro atoms. The molecule has 4 N–H and O–H groups in total. The van der Waals surface area contributed by atoms with E-state index in [1.165, 1.54) is 11.0 Å². The lowest BCUT2D eigenvalue weighted by Gasteiger charge is -2.13. The minimum absolute atomic E-state index is 0.350. The molecule has 0 bridgehead atoms. The largest absolute Gasteiger partial charge is 0.394 e. The molecular formula is C10H17N5O4. The second-order valence-electron chi connectivity index (χ2n) is 4.10. The first-order valence-electron chi connectivity index (χ1n) is 5.80. The summed E-state index contributed by atoms with van der Waals surface area (Å²) in [7, 11) is 3.29. The van der Waals surface area contributed by atoms with Crippen LogP contribution in [-0.4, -0.2) is 74.9 Å². The van der Waals surface area contributed by atoms with Gasteiger partial charge < -0.3 is 25.4 Å². The first-order chi connectivity index (χ1) is 9.12. The summed E-state index contributed by atoms with van der Waals surface area (Å²) in [6, 6.07) is 0. The Hall–Kier alpha value is -1.55. The summed E-state index contributed by atoms with van der Waals surface area (Å²) in [4.78, 5) is 7.99. The first-order valence-corrected chi connectivity index (χ1v) is 5.80. The molecule has 0 saturated carbocycles. The molecule has 4 atom stereocenters. The minimum atomic E-state index is -1.18. The summed E-state index contributed by atoms with van der Waals surface area (Å²) in [6.07, 6.45) is -2.69. The van der Waals surface area contributed by atoms with Crippen molar-refractivity contribution in [3.8, 4) is 0 Å². The van der Waals surface area contributed by atoms with Crippen LogP contribution in [0.4, 0.5) is 0 Å². The maximum Gasteiger partial charge on any atom is 0.216 e. The number of amidine groups is 1. The van der Waals surface area contributed by atoms with E-state index in [0.717, 1.165) is 0 Å². The van der Waals surface area contributed by atoms with Gasteiger partial charge >= 0.3 is 0 Å². The predicted molar refractivity (Wildman–Crippen MR) is 64.6 cm³/mol. The molecule has 1 aliphatic heterocycles. The van der Waals surface area contributed by atoms with E-state index < -0.39 is 24.5 Å². The van der Waals surface area contributed by atoms with E-state index in [-0.39, 0.29) is 6.61 Å². The van der Waals surface area contributed by atoms with Gasteiger partial charge in [-0.15, -0.1) is 5.10 Å². The number of nitrogens with zero attached hydrogens (tertiary/aromatic N) is 4. The van der Waals surface area contributed by atoms with Gasteiger partial charge in [0.25, 0.3) is 0 Å². The summed E-state index contributed by atoms with van der Waals surface area (Å²) >= 11 is 0. The van der Waals surface area contributed by atoms with Crippen LogP contribution in [0, 0.1) is 0 Å². The van der Waals surface area contributed by atoms with Crippen LogP contribution in [0.25, 0.3) is 0 Å². The van der Waals surface area contributed by atoms with Crippen molar-refractivity contribution in [2.75, 3.05) is 20.7 Å². The third-order valence-corrected chi connectivity index (χ3v) is 2.96. The highest BCUT2D eigenvalue weighted by Gasteiger charge is 2.43. The Morgan fingerprint density at radius 1 is 1.53 bits per heavy atom. The molecule has 1 saturated heterocycles. The van der Waals surface area contributed by atoms with Crippen LogP contribution in [0.1, 0.15) is 12.1 Å². The highest BCUT2D eigenvalue weighted by atomic mass is 16.6. The number of aliphatic hydroxyl groups is 3. The average Bonchev–Trinajstić information content (AvgIpc) is 2.99. The molecule has 2 heterocycles. The summed E-state index contributed by atoms with van der Waals surface area (Å²) < 4.78 is 6.62. The van der Waals surface area contributed by atoms with Gasteiger partial charge in [-0.05, 0) is 0 Å². The van der Waals surface area contributed by atoms with Crippen molar-refractivity contribution in [2.24, 2.45) is 4.99 Å².